The maximum absolute atomic E-state index is 5.67. The minimum atomic E-state index is -0.0731. The number of methoxy groups -OCH3 is 2. The van der Waals surface area contributed by atoms with Crippen molar-refractivity contribution in [3.63, 3.8) is 0 Å². The molecule has 4 nitrogen and oxygen atoms in total. The standard InChI is InChI=1S/C13H22N2O2/c1-13(2,9-14)15-8-10-5-11(16-3)7-12(6-10)17-4/h5-7,15H,8-9,14H2,1-4H3. The minimum absolute atomic E-state index is 0.0731. The van der Waals surface area contributed by atoms with E-state index in [1.165, 1.54) is 0 Å². The zero-order chi connectivity index (χ0) is 12.9. The lowest BCUT2D eigenvalue weighted by Gasteiger charge is -2.24. The van der Waals surface area contributed by atoms with Gasteiger partial charge in [-0.3, -0.25) is 0 Å². The van der Waals surface area contributed by atoms with Gasteiger partial charge in [-0.1, -0.05) is 0 Å². The molecule has 0 unspecified atom stereocenters. The summed E-state index contributed by atoms with van der Waals surface area (Å²) in [5, 5.41) is 3.39. The van der Waals surface area contributed by atoms with Gasteiger partial charge in [0.15, 0.2) is 0 Å². The second-order valence-corrected chi connectivity index (χ2v) is 4.66. The lowest BCUT2D eigenvalue weighted by atomic mass is 10.1. The molecule has 0 aliphatic rings. The van der Waals surface area contributed by atoms with Crippen LogP contribution in [0, 0.1) is 0 Å². The Balaban J connectivity index is 2.76. The fourth-order valence-electron chi connectivity index (χ4n) is 1.38. The Kier molecular flexibility index (Phi) is 4.78. The summed E-state index contributed by atoms with van der Waals surface area (Å²) in [5.74, 6) is 1.60. The molecule has 96 valence electrons. The SMILES string of the molecule is COc1cc(CNC(C)(C)CN)cc(OC)c1. The Morgan fingerprint density at radius 2 is 1.65 bits per heavy atom. The molecular weight excluding hydrogens is 216 g/mol. The number of nitrogens with one attached hydrogen (secondary N) is 1. The highest BCUT2D eigenvalue weighted by Crippen LogP contribution is 2.22. The van der Waals surface area contributed by atoms with Gasteiger partial charge in [-0.15, -0.1) is 0 Å². The highest BCUT2D eigenvalue weighted by atomic mass is 16.5. The van der Waals surface area contributed by atoms with Crippen LogP contribution in [0.4, 0.5) is 0 Å². The number of benzene rings is 1. The van der Waals surface area contributed by atoms with Crippen LogP contribution in [0.2, 0.25) is 0 Å². The predicted octanol–water partition coefficient (Wildman–Crippen LogP) is 1.53. The van der Waals surface area contributed by atoms with Crippen LogP contribution < -0.4 is 20.5 Å². The van der Waals surface area contributed by atoms with Crippen molar-refractivity contribution in [2.24, 2.45) is 5.73 Å². The third kappa shape index (κ3) is 4.24. The molecule has 0 spiro atoms. The smallest absolute Gasteiger partial charge is 0.122 e. The quantitative estimate of drug-likeness (QED) is 0.789. The Morgan fingerprint density at radius 1 is 1.12 bits per heavy atom. The van der Waals surface area contributed by atoms with Gasteiger partial charge in [0.2, 0.25) is 0 Å². The number of nitrogens with two attached hydrogens (primary N) is 1. The summed E-state index contributed by atoms with van der Waals surface area (Å²) in [6.45, 7) is 5.47. The van der Waals surface area contributed by atoms with E-state index in [4.69, 9.17) is 15.2 Å². The van der Waals surface area contributed by atoms with E-state index in [-0.39, 0.29) is 5.54 Å². The van der Waals surface area contributed by atoms with Gasteiger partial charge in [0.05, 0.1) is 14.2 Å². The first kappa shape index (κ1) is 13.8. The molecule has 0 amide bonds. The summed E-state index contributed by atoms with van der Waals surface area (Å²) < 4.78 is 10.4. The fraction of sp³-hybridized carbons (Fsp3) is 0.538. The van der Waals surface area contributed by atoms with E-state index in [0.717, 1.165) is 23.6 Å². The van der Waals surface area contributed by atoms with Gasteiger partial charge in [0.25, 0.3) is 0 Å². The van der Waals surface area contributed by atoms with Crippen molar-refractivity contribution in [1.82, 2.24) is 5.32 Å². The van der Waals surface area contributed by atoms with Crippen molar-refractivity contribution < 1.29 is 9.47 Å². The molecular formula is C13H22N2O2. The van der Waals surface area contributed by atoms with Gasteiger partial charge in [-0.2, -0.15) is 0 Å². The van der Waals surface area contributed by atoms with Crippen LogP contribution in [0.1, 0.15) is 19.4 Å². The van der Waals surface area contributed by atoms with E-state index in [1.807, 2.05) is 18.2 Å². The highest BCUT2D eigenvalue weighted by Gasteiger charge is 2.14. The molecule has 0 fully saturated rings. The van der Waals surface area contributed by atoms with E-state index in [0.29, 0.717) is 6.54 Å². The molecule has 0 bridgehead atoms. The summed E-state index contributed by atoms with van der Waals surface area (Å²) in [5.41, 5.74) is 6.71. The lowest BCUT2D eigenvalue weighted by molar-refractivity contribution is 0.384. The molecule has 1 aromatic carbocycles. The first-order valence-electron chi connectivity index (χ1n) is 5.68. The largest absolute Gasteiger partial charge is 0.497 e. The summed E-state index contributed by atoms with van der Waals surface area (Å²) >= 11 is 0. The van der Waals surface area contributed by atoms with Crippen molar-refractivity contribution in [3.8, 4) is 11.5 Å². The Hall–Kier alpha value is -1.26. The third-order valence-electron chi connectivity index (χ3n) is 2.69. The summed E-state index contributed by atoms with van der Waals surface area (Å²) in [7, 11) is 3.30. The third-order valence-corrected chi connectivity index (χ3v) is 2.69. The molecule has 3 N–H and O–H groups in total. The molecule has 0 saturated carbocycles. The van der Waals surface area contributed by atoms with E-state index in [1.54, 1.807) is 14.2 Å². The number of hydrogen-bond donors (Lipinski definition) is 2. The van der Waals surface area contributed by atoms with Gasteiger partial charge < -0.3 is 20.5 Å². The van der Waals surface area contributed by atoms with Crippen molar-refractivity contribution in [2.75, 3.05) is 20.8 Å². The van der Waals surface area contributed by atoms with Crippen LogP contribution in [0.15, 0.2) is 18.2 Å². The molecule has 1 aromatic rings. The van der Waals surface area contributed by atoms with Crippen molar-refractivity contribution >= 4 is 0 Å². The monoisotopic (exact) mass is 238 g/mol. The zero-order valence-electron chi connectivity index (χ0n) is 11.0. The summed E-state index contributed by atoms with van der Waals surface area (Å²) in [6.07, 6.45) is 0. The second-order valence-electron chi connectivity index (χ2n) is 4.66. The van der Waals surface area contributed by atoms with E-state index < -0.39 is 0 Å². The topological polar surface area (TPSA) is 56.5 Å². The maximum atomic E-state index is 5.67. The number of rotatable bonds is 6. The average molecular weight is 238 g/mol. The van der Waals surface area contributed by atoms with Crippen molar-refractivity contribution in [1.29, 1.82) is 0 Å². The van der Waals surface area contributed by atoms with Crippen LogP contribution in [-0.4, -0.2) is 26.3 Å². The average Bonchev–Trinajstić information content (AvgIpc) is 2.36. The Bertz CT molecular complexity index is 342. The normalized spacial score (nSPS) is 11.4. The molecule has 0 aliphatic carbocycles. The van der Waals surface area contributed by atoms with Gasteiger partial charge in [0, 0.05) is 24.7 Å². The molecule has 0 atom stereocenters. The van der Waals surface area contributed by atoms with E-state index >= 15 is 0 Å². The van der Waals surface area contributed by atoms with Crippen LogP contribution in [0.25, 0.3) is 0 Å². The van der Waals surface area contributed by atoms with Crippen LogP contribution in [0.5, 0.6) is 11.5 Å². The summed E-state index contributed by atoms with van der Waals surface area (Å²) in [4.78, 5) is 0. The molecule has 4 heteroatoms. The molecule has 0 heterocycles. The first-order valence-corrected chi connectivity index (χ1v) is 5.68. The predicted molar refractivity (Wildman–Crippen MR) is 69.5 cm³/mol. The highest BCUT2D eigenvalue weighted by molar-refractivity contribution is 5.38. The molecule has 0 saturated heterocycles. The number of ether oxygens (including phenoxy) is 2. The van der Waals surface area contributed by atoms with Gasteiger partial charge in [-0.25, -0.2) is 0 Å². The van der Waals surface area contributed by atoms with Crippen molar-refractivity contribution in [2.45, 2.75) is 25.9 Å². The van der Waals surface area contributed by atoms with Crippen LogP contribution in [-0.2, 0) is 6.54 Å². The summed E-state index contributed by atoms with van der Waals surface area (Å²) in [6, 6.07) is 5.84. The molecule has 0 aliphatic heterocycles. The van der Waals surface area contributed by atoms with Gasteiger partial charge in [0.1, 0.15) is 11.5 Å². The van der Waals surface area contributed by atoms with Crippen molar-refractivity contribution in [3.05, 3.63) is 23.8 Å². The molecule has 0 radical (unpaired) electrons. The molecule has 17 heavy (non-hydrogen) atoms. The molecule has 0 aromatic heterocycles. The minimum Gasteiger partial charge on any atom is -0.497 e. The first-order chi connectivity index (χ1) is 8.00. The van der Waals surface area contributed by atoms with E-state index in [2.05, 4.69) is 19.2 Å². The lowest BCUT2D eigenvalue weighted by Crippen LogP contribution is -2.45. The zero-order valence-corrected chi connectivity index (χ0v) is 11.0. The Labute approximate surface area is 103 Å². The van der Waals surface area contributed by atoms with Gasteiger partial charge >= 0.3 is 0 Å². The number of hydrogen-bond acceptors (Lipinski definition) is 4. The van der Waals surface area contributed by atoms with E-state index in [9.17, 15) is 0 Å². The van der Waals surface area contributed by atoms with Crippen LogP contribution in [0.3, 0.4) is 0 Å². The molecule has 1 rings (SSSR count). The maximum Gasteiger partial charge on any atom is 0.122 e. The Morgan fingerprint density at radius 3 is 2.06 bits per heavy atom. The van der Waals surface area contributed by atoms with Crippen LogP contribution >= 0.6 is 0 Å². The second kappa shape index (κ2) is 5.89. The fourth-order valence-corrected chi connectivity index (χ4v) is 1.38. The van der Waals surface area contributed by atoms with Gasteiger partial charge in [-0.05, 0) is 31.5 Å².